The van der Waals surface area contributed by atoms with E-state index in [-0.39, 0.29) is 0 Å². The number of rotatable bonds is 7. The van der Waals surface area contributed by atoms with Crippen LogP contribution in [0.15, 0.2) is 28.7 Å². The van der Waals surface area contributed by atoms with Crippen LogP contribution in [0, 0.1) is 5.92 Å². The third-order valence-electron chi connectivity index (χ3n) is 5.20. The minimum absolute atomic E-state index is 0.776. The first kappa shape index (κ1) is 19.9. The molecular weight excluding hydrogens is 406 g/mol. The summed E-state index contributed by atoms with van der Waals surface area (Å²) in [5.74, 6) is 1.87. The van der Waals surface area contributed by atoms with Gasteiger partial charge in [-0.2, -0.15) is 0 Å². The van der Waals surface area contributed by atoms with Crippen LogP contribution in [-0.2, 0) is 12.8 Å². The predicted molar refractivity (Wildman–Crippen MR) is 117 cm³/mol. The Morgan fingerprint density at radius 3 is 2.69 bits per heavy atom. The highest BCUT2D eigenvalue weighted by Crippen LogP contribution is 2.46. The van der Waals surface area contributed by atoms with Crippen molar-refractivity contribution in [3.63, 3.8) is 0 Å². The normalized spacial score (nSPS) is 16.2. The van der Waals surface area contributed by atoms with Crippen LogP contribution in [0.2, 0.25) is 0 Å². The Labute approximate surface area is 170 Å². The van der Waals surface area contributed by atoms with Crippen LogP contribution >= 0.6 is 27.3 Å². The molecule has 26 heavy (non-hydrogen) atoms. The highest BCUT2D eigenvalue weighted by molar-refractivity contribution is 9.10. The summed E-state index contributed by atoms with van der Waals surface area (Å²) in [7, 11) is 2.23. The maximum absolute atomic E-state index is 6.03. The summed E-state index contributed by atoms with van der Waals surface area (Å²) < 4.78 is 7.16. The number of ether oxygens (including phenoxy) is 1. The van der Waals surface area contributed by atoms with E-state index >= 15 is 0 Å². The zero-order valence-corrected chi connectivity index (χ0v) is 18.6. The average Bonchev–Trinajstić information content (AvgIpc) is 2.98. The first-order valence-electron chi connectivity index (χ1n) is 9.84. The lowest BCUT2D eigenvalue weighted by molar-refractivity contribution is 0.219. The molecule has 2 aromatic rings. The molecule has 1 aromatic carbocycles. The zero-order valence-electron chi connectivity index (χ0n) is 16.2. The molecule has 4 heteroatoms. The molecule has 1 aromatic heterocycles. The van der Waals surface area contributed by atoms with Gasteiger partial charge >= 0.3 is 0 Å². The van der Waals surface area contributed by atoms with Crippen LogP contribution in [0.3, 0.4) is 0 Å². The number of likely N-dealkylation sites (tertiary alicyclic amines) is 1. The van der Waals surface area contributed by atoms with Crippen molar-refractivity contribution >= 4 is 27.3 Å². The van der Waals surface area contributed by atoms with Crippen LogP contribution in [-0.4, -0.2) is 31.6 Å². The van der Waals surface area contributed by atoms with Gasteiger partial charge in [-0.25, -0.2) is 0 Å². The minimum atomic E-state index is 0.776. The summed E-state index contributed by atoms with van der Waals surface area (Å²) >= 11 is 5.69. The third-order valence-corrected chi connectivity index (χ3v) is 7.58. The number of piperidine rings is 1. The molecular formula is C22H30BrNOS. The molecule has 1 fully saturated rings. The number of aryl methyl sites for hydroxylation is 1. The molecule has 0 aliphatic carbocycles. The summed E-state index contributed by atoms with van der Waals surface area (Å²) in [5, 5.41) is 0. The van der Waals surface area contributed by atoms with E-state index in [1.165, 1.54) is 53.2 Å². The van der Waals surface area contributed by atoms with Crippen LogP contribution in [0.25, 0.3) is 10.4 Å². The van der Waals surface area contributed by atoms with Crippen molar-refractivity contribution in [3.8, 4) is 16.2 Å². The molecule has 3 rings (SSSR count). The standard InChI is InChI=1S/C22H30BrNOS/c1-4-13-25-21-19(5-2)26-22(20(21)23)18-8-6-7-17(15-18)14-16-9-11-24(3)12-10-16/h6-8,15-16H,4-5,9-14H2,1-3H3. The largest absolute Gasteiger partial charge is 0.491 e. The second-order valence-electron chi connectivity index (χ2n) is 7.35. The zero-order chi connectivity index (χ0) is 18.5. The molecule has 1 aliphatic heterocycles. The number of nitrogens with zero attached hydrogens (tertiary/aromatic N) is 1. The quantitative estimate of drug-likeness (QED) is 0.497. The molecule has 0 spiro atoms. The van der Waals surface area contributed by atoms with Gasteiger partial charge in [0.1, 0.15) is 5.75 Å². The van der Waals surface area contributed by atoms with Gasteiger partial charge in [-0.1, -0.05) is 38.1 Å². The number of hydrogen-bond acceptors (Lipinski definition) is 3. The van der Waals surface area contributed by atoms with Gasteiger partial charge in [0.25, 0.3) is 0 Å². The molecule has 0 unspecified atom stereocenters. The molecule has 142 valence electrons. The lowest BCUT2D eigenvalue weighted by atomic mass is 9.90. The fourth-order valence-corrected chi connectivity index (χ4v) is 5.67. The average molecular weight is 436 g/mol. The van der Waals surface area contributed by atoms with E-state index in [1.54, 1.807) is 0 Å². The first-order chi connectivity index (χ1) is 12.6. The molecule has 0 saturated carbocycles. The second-order valence-corrected chi connectivity index (χ2v) is 9.25. The topological polar surface area (TPSA) is 12.5 Å². The number of halogens is 1. The fourth-order valence-electron chi connectivity index (χ4n) is 3.65. The van der Waals surface area contributed by atoms with Crippen molar-refractivity contribution in [1.29, 1.82) is 0 Å². The molecule has 0 atom stereocenters. The molecule has 0 N–H and O–H groups in total. The first-order valence-corrected chi connectivity index (χ1v) is 11.4. The molecule has 2 heterocycles. The van der Waals surface area contributed by atoms with Crippen molar-refractivity contribution in [2.45, 2.75) is 46.0 Å². The van der Waals surface area contributed by atoms with Crippen LogP contribution in [0.5, 0.6) is 5.75 Å². The molecule has 0 amide bonds. The summed E-state index contributed by atoms with van der Waals surface area (Å²) in [6.45, 7) is 7.60. The molecule has 0 bridgehead atoms. The fraction of sp³-hybridized carbons (Fsp3) is 0.545. The molecule has 1 aliphatic rings. The van der Waals surface area contributed by atoms with Crippen molar-refractivity contribution in [2.75, 3.05) is 26.7 Å². The van der Waals surface area contributed by atoms with Crippen molar-refractivity contribution in [3.05, 3.63) is 39.2 Å². The SMILES string of the molecule is CCCOc1c(CC)sc(-c2cccc(CC3CCN(C)CC3)c2)c1Br. The predicted octanol–water partition coefficient (Wildman–Crippen LogP) is 6.41. The van der Waals surface area contributed by atoms with E-state index < -0.39 is 0 Å². The summed E-state index contributed by atoms with van der Waals surface area (Å²) in [6, 6.07) is 9.12. The van der Waals surface area contributed by atoms with Gasteiger partial charge in [0.2, 0.25) is 0 Å². The Bertz CT molecular complexity index is 719. The van der Waals surface area contributed by atoms with Crippen molar-refractivity contribution in [2.24, 2.45) is 5.92 Å². The van der Waals surface area contributed by atoms with E-state index in [4.69, 9.17) is 4.74 Å². The summed E-state index contributed by atoms with van der Waals surface area (Å²) in [4.78, 5) is 5.08. The van der Waals surface area contributed by atoms with Crippen molar-refractivity contribution < 1.29 is 4.74 Å². The Morgan fingerprint density at radius 2 is 2.00 bits per heavy atom. The van der Waals surface area contributed by atoms with Gasteiger partial charge in [-0.3, -0.25) is 0 Å². The molecule has 1 saturated heterocycles. The van der Waals surface area contributed by atoms with Gasteiger partial charge in [0, 0.05) is 4.88 Å². The van der Waals surface area contributed by atoms with E-state index in [0.717, 1.165) is 35.6 Å². The second kappa shape index (κ2) is 9.38. The summed E-state index contributed by atoms with van der Waals surface area (Å²) in [6.07, 6.45) is 5.88. The van der Waals surface area contributed by atoms with E-state index in [1.807, 2.05) is 11.3 Å². The van der Waals surface area contributed by atoms with E-state index in [9.17, 15) is 0 Å². The lowest BCUT2D eigenvalue weighted by Crippen LogP contribution is -2.30. The highest BCUT2D eigenvalue weighted by Gasteiger charge is 2.20. The van der Waals surface area contributed by atoms with Gasteiger partial charge < -0.3 is 9.64 Å². The number of benzene rings is 1. The summed E-state index contributed by atoms with van der Waals surface area (Å²) in [5.41, 5.74) is 2.78. The van der Waals surface area contributed by atoms with Crippen molar-refractivity contribution in [1.82, 2.24) is 4.90 Å². The lowest BCUT2D eigenvalue weighted by Gasteiger charge is -2.29. The Balaban J connectivity index is 1.80. The highest BCUT2D eigenvalue weighted by atomic mass is 79.9. The van der Waals surface area contributed by atoms with Crippen LogP contribution in [0.1, 0.15) is 43.6 Å². The maximum atomic E-state index is 6.03. The van der Waals surface area contributed by atoms with Crippen LogP contribution in [0.4, 0.5) is 0 Å². The molecule has 0 radical (unpaired) electrons. The molecule has 2 nitrogen and oxygen atoms in total. The number of hydrogen-bond donors (Lipinski definition) is 0. The smallest absolute Gasteiger partial charge is 0.147 e. The Hall–Kier alpha value is -0.840. The van der Waals surface area contributed by atoms with Gasteiger partial charge in [-0.15, -0.1) is 11.3 Å². The van der Waals surface area contributed by atoms with Gasteiger partial charge in [0.15, 0.2) is 0 Å². The maximum Gasteiger partial charge on any atom is 0.147 e. The van der Waals surface area contributed by atoms with E-state index in [2.05, 4.69) is 66.0 Å². The minimum Gasteiger partial charge on any atom is -0.491 e. The monoisotopic (exact) mass is 435 g/mol. The van der Waals surface area contributed by atoms with Gasteiger partial charge in [-0.05, 0) is 85.2 Å². The number of thiophene rings is 1. The van der Waals surface area contributed by atoms with Crippen LogP contribution < -0.4 is 4.74 Å². The third kappa shape index (κ3) is 4.71. The van der Waals surface area contributed by atoms with Gasteiger partial charge in [0.05, 0.1) is 16.0 Å². The Kier molecular flexibility index (Phi) is 7.19. The Morgan fingerprint density at radius 1 is 1.23 bits per heavy atom. The van der Waals surface area contributed by atoms with E-state index in [0.29, 0.717) is 0 Å².